The molecule has 1 rings (SSSR count). The van der Waals surface area contributed by atoms with E-state index in [-0.39, 0.29) is 11.9 Å². The molecule has 100 valence electrons. The van der Waals surface area contributed by atoms with Crippen molar-refractivity contribution in [2.75, 3.05) is 39.3 Å². The van der Waals surface area contributed by atoms with Crippen molar-refractivity contribution in [1.82, 2.24) is 15.1 Å². The quantitative estimate of drug-likeness (QED) is 0.773. The number of piperazine rings is 1. The molecule has 1 saturated heterocycles. The molecule has 1 unspecified atom stereocenters. The normalized spacial score (nSPS) is 19.4. The topological polar surface area (TPSA) is 35.6 Å². The zero-order valence-electron chi connectivity index (χ0n) is 11.7. The lowest BCUT2D eigenvalue weighted by molar-refractivity contribution is -0.137. The first-order valence-corrected chi connectivity index (χ1v) is 6.79. The Labute approximate surface area is 105 Å². The van der Waals surface area contributed by atoms with Crippen LogP contribution in [0.3, 0.4) is 0 Å². The zero-order valence-corrected chi connectivity index (χ0v) is 11.7. The van der Waals surface area contributed by atoms with Crippen LogP contribution >= 0.6 is 0 Å². The first kappa shape index (κ1) is 14.5. The third-order valence-electron chi connectivity index (χ3n) is 3.34. The Morgan fingerprint density at radius 1 is 1.29 bits per heavy atom. The molecule has 1 atom stereocenters. The number of hydrogen-bond donors (Lipinski definition) is 1. The highest BCUT2D eigenvalue weighted by Gasteiger charge is 2.26. The predicted octanol–water partition coefficient (Wildman–Crippen LogP) is 0.785. The highest BCUT2D eigenvalue weighted by atomic mass is 16.2. The molecule has 1 fully saturated rings. The molecule has 1 heterocycles. The lowest BCUT2D eigenvalue weighted by Gasteiger charge is -2.35. The molecule has 4 heteroatoms. The van der Waals surface area contributed by atoms with Crippen LogP contribution < -0.4 is 5.32 Å². The van der Waals surface area contributed by atoms with Gasteiger partial charge in [-0.2, -0.15) is 0 Å². The Morgan fingerprint density at radius 2 is 1.88 bits per heavy atom. The smallest absolute Gasteiger partial charge is 0.239 e. The Balaban J connectivity index is 2.53. The summed E-state index contributed by atoms with van der Waals surface area (Å²) in [5, 5.41) is 3.32. The Bertz CT molecular complexity index is 237. The molecule has 1 amide bonds. The average molecular weight is 241 g/mol. The van der Waals surface area contributed by atoms with Crippen molar-refractivity contribution in [2.45, 2.75) is 33.7 Å². The summed E-state index contributed by atoms with van der Waals surface area (Å²) in [7, 11) is 0. The van der Waals surface area contributed by atoms with E-state index in [2.05, 4.69) is 31.0 Å². The van der Waals surface area contributed by atoms with Gasteiger partial charge in [-0.05, 0) is 19.8 Å². The maximum atomic E-state index is 12.4. The summed E-state index contributed by atoms with van der Waals surface area (Å²) in [5.74, 6) is 0.817. The summed E-state index contributed by atoms with van der Waals surface area (Å²) in [4.78, 5) is 16.6. The minimum atomic E-state index is 0.0239. The van der Waals surface area contributed by atoms with Gasteiger partial charge in [0.05, 0.1) is 6.04 Å². The molecule has 1 aliphatic heterocycles. The molecule has 0 radical (unpaired) electrons. The van der Waals surface area contributed by atoms with E-state index < -0.39 is 0 Å². The molecule has 0 aromatic heterocycles. The van der Waals surface area contributed by atoms with Crippen molar-refractivity contribution in [3.8, 4) is 0 Å². The number of nitrogens with zero attached hydrogens (tertiary/aromatic N) is 2. The second-order valence-corrected chi connectivity index (χ2v) is 5.23. The third-order valence-corrected chi connectivity index (χ3v) is 3.34. The first-order chi connectivity index (χ1) is 8.06. The molecule has 17 heavy (non-hydrogen) atoms. The van der Waals surface area contributed by atoms with Crippen LogP contribution in [0.15, 0.2) is 0 Å². The lowest BCUT2D eigenvalue weighted by Crippen LogP contribution is -2.53. The maximum Gasteiger partial charge on any atom is 0.239 e. The fourth-order valence-corrected chi connectivity index (χ4v) is 2.31. The largest absolute Gasteiger partial charge is 0.341 e. The SMILES string of the molecule is CCN(CC(C)C)C(=O)C(C)N1CCNCC1. The summed E-state index contributed by atoms with van der Waals surface area (Å²) < 4.78 is 0. The number of nitrogens with one attached hydrogen (secondary N) is 1. The number of hydrogen-bond acceptors (Lipinski definition) is 3. The number of carbonyl (C=O) groups is 1. The van der Waals surface area contributed by atoms with E-state index in [0.29, 0.717) is 5.92 Å². The Hall–Kier alpha value is -0.610. The second-order valence-electron chi connectivity index (χ2n) is 5.23. The van der Waals surface area contributed by atoms with E-state index in [4.69, 9.17) is 0 Å². The van der Waals surface area contributed by atoms with Gasteiger partial charge in [0.2, 0.25) is 5.91 Å². The van der Waals surface area contributed by atoms with Crippen LogP contribution in [0.5, 0.6) is 0 Å². The summed E-state index contributed by atoms with van der Waals surface area (Å²) in [6, 6.07) is 0.0239. The van der Waals surface area contributed by atoms with Gasteiger partial charge in [0.25, 0.3) is 0 Å². The molecule has 1 aliphatic rings. The number of carbonyl (C=O) groups excluding carboxylic acids is 1. The van der Waals surface area contributed by atoms with Crippen molar-refractivity contribution < 1.29 is 4.79 Å². The molecule has 0 spiro atoms. The predicted molar refractivity (Wildman–Crippen MR) is 71.0 cm³/mol. The molecule has 0 aromatic rings. The van der Waals surface area contributed by atoms with Crippen molar-refractivity contribution in [3.05, 3.63) is 0 Å². The van der Waals surface area contributed by atoms with Crippen LogP contribution in [0.1, 0.15) is 27.7 Å². The summed E-state index contributed by atoms with van der Waals surface area (Å²) in [5.41, 5.74) is 0. The van der Waals surface area contributed by atoms with Gasteiger partial charge in [0, 0.05) is 39.3 Å². The minimum Gasteiger partial charge on any atom is -0.341 e. The van der Waals surface area contributed by atoms with Crippen molar-refractivity contribution in [1.29, 1.82) is 0 Å². The van der Waals surface area contributed by atoms with Gasteiger partial charge in [-0.25, -0.2) is 0 Å². The summed E-state index contributed by atoms with van der Waals surface area (Å²) in [6.07, 6.45) is 0. The third kappa shape index (κ3) is 4.28. The van der Waals surface area contributed by atoms with E-state index in [0.717, 1.165) is 39.3 Å². The first-order valence-electron chi connectivity index (χ1n) is 6.79. The number of amides is 1. The van der Waals surface area contributed by atoms with Crippen LogP contribution in [0, 0.1) is 5.92 Å². The second kappa shape index (κ2) is 6.97. The van der Waals surface area contributed by atoms with Crippen molar-refractivity contribution in [2.24, 2.45) is 5.92 Å². The fourth-order valence-electron chi connectivity index (χ4n) is 2.31. The van der Waals surface area contributed by atoms with Gasteiger partial charge >= 0.3 is 0 Å². The summed E-state index contributed by atoms with van der Waals surface area (Å²) >= 11 is 0. The van der Waals surface area contributed by atoms with E-state index in [1.807, 2.05) is 11.8 Å². The molecular weight excluding hydrogens is 214 g/mol. The van der Waals surface area contributed by atoms with Gasteiger partial charge in [-0.1, -0.05) is 13.8 Å². The molecule has 0 aliphatic carbocycles. The van der Waals surface area contributed by atoms with Crippen molar-refractivity contribution >= 4 is 5.91 Å². The van der Waals surface area contributed by atoms with Crippen LogP contribution in [-0.4, -0.2) is 61.0 Å². The molecule has 4 nitrogen and oxygen atoms in total. The molecule has 0 bridgehead atoms. The van der Waals surface area contributed by atoms with Gasteiger partial charge in [0.1, 0.15) is 0 Å². The number of likely N-dealkylation sites (N-methyl/N-ethyl adjacent to an activating group) is 1. The lowest BCUT2D eigenvalue weighted by atomic mass is 10.1. The van der Waals surface area contributed by atoms with Gasteiger partial charge in [-0.3, -0.25) is 9.69 Å². The van der Waals surface area contributed by atoms with Crippen LogP contribution in [-0.2, 0) is 4.79 Å². The van der Waals surface area contributed by atoms with Gasteiger partial charge < -0.3 is 10.2 Å². The highest BCUT2D eigenvalue weighted by molar-refractivity contribution is 5.81. The monoisotopic (exact) mass is 241 g/mol. The van der Waals surface area contributed by atoms with E-state index in [1.54, 1.807) is 0 Å². The maximum absolute atomic E-state index is 12.4. The van der Waals surface area contributed by atoms with E-state index in [1.165, 1.54) is 0 Å². The molecular formula is C13H27N3O. The minimum absolute atomic E-state index is 0.0239. The van der Waals surface area contributed by atoms with E-state index in [9.17, 15) is 4.79 Å². The van der Waals surface area contributed by atoms with Gasteiger partial charge in [-0.15, -0.1) is 0 Å². The van der Waals surface area contributed by atoms with Crippen LogP contribution in [0.4, 0.5) is 0 Å². The summed E-state index contributed by atoms with van der Waals surface area (Å²) in [6.45, 7) is 14.0. The van der Waals surface area contributed by atoms with E-state index >= 15 is 0 Å². The molecule has 0 aromatic carbocycles. The molecule has 1 N–H and O–H groups in total. The van der Waals surface area contributed by atoms with Crippen LogP contribution in [0.25, 0.3) is 0 Å². The Kier molecular flexibility index (Phi) is 5.92. The average Bonchev–Trinajstić information content (AvgIpc) is 2.35. The highest BCUT2D eigenvalue weighted by Crippen LogP contribution is 2.07. The standard InChI is InChI=1S/C13H27N3O/c1-5-15(10-11(2)3)13(17)12(4)16-8-6-14-7-9-16/h11-12,14H,5-10H2,1-4H3. The molecule has 0 saturated carbocycles. The van der Waals surface area contributed by atoms with Crippen LogP contribution in [0.2, 0.25) is 0 Å². The van der Waals surface area contributed by atoms with Crippen molar-refractivity contribution in [3.63, 3.8) is 0 Å². The fraction of sp³-hybridized carbons (Fsp3) is 0.923. The Morgan fingerprint density at radius 3 is 2.35 bits per heavy atom. The van der Waals surface area contributed by atoms with Gasteiger partial charge in [0.15, 0.2) is 0 Å². The zero-order chi connectivity index (χ0) is 12.8. The number of rotatable bonds is 5.